The van der Waals surface area contributed by atoms with Crippen LogP contribution in [-0.2, 0) is 11.3 Å². The first-order chi connectivity index (χ1) is 8.66. The standard InChI is InChI=1S/C13H16BrFN2O/c14-12-7-11(15)4-3-10(12)8-16-9-13(18)17-5-1-2-6-17/h3-4,7,16H,1-2,5-6,8-9H2. The smallest absolute Gasteiger partial charge is 0.236 e. The van der Waals surface area contributed by atoms with Gasteiger partial charge in [0.2, 0.25) is 5.91 Å². The first-order valence-corrected chi connectivity index (χ1v) is 6.88. The number of nitrogens with zero attached hydrogens (tertiary/aromatic N) is 1. The van der Waals surface area contributed by atoms with Gasteiger partial charge in [-0.25, -0.2) is 4.39 Å². The number of hydrogen-bond donors (Lipinski definition) is 1. The van der Waals surface area contributed by atoms with E-state index in [1.54, 1.807) is 6.07 Å². The van der Waals surface area contributed by atoms with E-state index in [-0.39, 0.29) is 11.7 Å². The maximum Gasteiger partial charge on any atom is 0.236 e. The second-order valence-electron chi connectivity index (χ2n) is 4.43. The van der Waals surface area contributed by atoms with E-state index in [0.717, 1.165) is 36.0 Å². The van der Waals surface area contributed by atoms with Crippen molar-refractivity contribution in [1.29, 1.82) is 0 Å². The largest absolute Gasteiger partial charge is 0.342 e. The molecule has 1 heterocycles. The third-order valence-corrected chi connectivity index (χ3v) is 3.80. The normalized spacial score (nSPS) is 15.1. The lowest BCUT2D eigenvalue weighted by molar-refractivity contribution is -0.129. The van der Waals surface area contributed by atoms with E-state index in [0.29, 0.717) is 13.1 Å². The Kier molecular flexibility index (Phi) is 4.72. The van der Waals surface area contributed by atoms with Crippen LogP contribution in [0.4, 0.5) is 4.39 Å². The quantitative estimate of drug-likeness (QED) is 0.925. The zero-order valence-corrected chi connectivity index (χ0v) is 11.7. The summed E-state index contributed by atoms with van der Waals surface area (Å²) in [5.41, 5.74) is 0.950. The maximum absolute atomic E-state index is 12.9. The molecule has 1 aromatic carbocycles. The number of carbonyl (C=O) groups excluding carboxylic acids is 1. The minimum Gasteiger partial charge on any atom is -0.342 e. The first-order valence-electron chi connectivity index (χ1n) is 6.09. The highest BCUT2D eigenvalue weighted by atomic mass is 79.9. The molecule has 0 atom stereocenters. The molecule has 0 bridgehead atoms. The highest BCUT2D eigenvalue weighted by molar-refractivity contribution is 9.10. The minimum absolute atomic E-state index is 0.144. The van der Waals surface area contributed by atoms with Crippen LogP contribution < -0.4 is 5.32 Å². The van der Waals surface area contributed by atoms with E-state index in [1.807, 2.05) is 4.90 Å². The van der Waals surface area contributed by atoms with Gasteiger partial charge >= 0.3 is 0 Å². The van der Waals surface area contributed by atoms with E-state index in [4.69, 9.17) is 0 Å². The Labute approximate surface area is 114 Å². The number of amides is 1. The molecule has 1 aliphatic heterocycles. The van der Waals surface area contributed by atoms with Gasteiger partial charge in [0.1, 0.15) is 5.82 Å². The Bertz CT molecular complexity index is 433. The summed E-state index contributed by atoms with van der Waals surface area (Å²) in [5.74, 6) is -0.121. The van der Waals surface area contributed by atoms with Gasteiger partial charge in [0, 0.05) is 24.1 Å². The Morgan fingerprint density at radius 1 is 1.39 bits per heavy atom. The van der Waals surface area contributed by atoms with E-state index in [2.05, 4.69) is 21.2 Å². The second kappa shape index (κ2) is 6.29. The molecule has 5 heteroatoms. The van der Waals surface area contributed by atoms with Gasteiger partial charge in [0.25, 0.3) is 0 Å². The van der Waals surface area contributed by atoms with Gasteiger partial charge < -0.3 is 10.2 Å². The third kappa shape index (κ3) is 3.53. The van der Waals surface area contributed by atoms with Crippen LogP contribution in [0.15, 0.2) is 22.7 Å². The van der Waals surface area contributed by atoms with Crippen LogP contribution in [0.1, 0.15) is 18.4 Å². The zero-order valence-electron chi connectivity index (χ0n) is 10.1. The Morgan fingerprint density at radius 2 is 2.11 bits per heavy atom. The molecule has 0 radical (unpaired) electrons. The summed E-state index contributed by atoms with van der Waals surface area (Å²) < 4.78 is 13.6. The van der Waals surface area contributed by atoms with Gasteiger partial charge in [-0.2, -0.15) is 0 Å². The fraction of sp³-hybridized carbons (Fsp3) is 0.462. The van der Waals surface area contributed by atoms with Gasteiger partial charge in [-0.15, -0.1) is 0 Å². The molecule has 0 spiro atoms. The summed E-state index contributed by atoms with van der Waals surface area (Å²) in [7, 11) is 0. The predicted octanol–water partition coefficient (Wildman–Crippen LogP) is 2.30. The molecule has 0 aliphatic carbocycles. The van der Waals surface area contributed by atoms with Crippen molar-refractivity contribution in [1.82, 2.24) is 10.2 Å². The molecule has 0 aromatic heterocycles. The number of benzene rings is 1. The number of carbonyl (C=O) groups is 1. The molecule has 0 unspecified atom stereocenters. The van der Waals surface area contributed by atoms with Crippen molar-refractivity contribution in [3.8, 4) is 0 Å². The van der Waals surface area contributed by atoms with Crippen molar-refractivity contribution in [3.05, 3.63) is 34.1 Å². The average Bonchev–Trinajstić information content (AvgIpc) is 2.85. The topological polar surface area (TPSA) is 32.3 Å². The Morgan fingerprint density at radius 3 is 2.78 bits per heavy atom. The molecule has 1 fully saturated rings. The lowest BCUT2D eigenvalue weighted by Gasteiger charge is -2.15. The van der Waals surface area contributed by atoms with E-state index in [9.17, 15) is 9.18 Å². The summed E-state index contributed by atoms with van der Waals surface area (Å²) in [5, 5.41) is 3.09. The maximum atomic E-state index is 12.9. The molecule has 1 aliphatic rings. The highest BCUT2D eigenvalue weighted by Gasteiger charge is 2.16. The monoisotopic (exact) mass is 314 g/mol. The van der Waals surface area contributed by atoms with Crippen molar-refractivity contribution >= 4 is 21.8 Å². The number of rotatable bonds is 4. The van der Waals surface area contributed by atoms with Crippen LogP contribution in [0.25, 0.3) is 0 Å². The minimum atomic E-state index is -0.265. The van der Waals surface area contributed by atoms with Crippen LogP contribution in [0.5, 0.6) is 0 Å². The predicted molar refractivity (Wildman–Crippen MR) is 71.6 cm³/mol. The second-order valence-corrected chi connectivity index (χ2v) is 5.28. The van der Waals surface area contributed by atoms with Crippen molar-refractivity contribution in [2.24, 2.45) is 0 Å². The van der Waals surface area contributed by atoms with E-state index < -0.39 is 0 Å². The van der Waals surface area contributed by atoms with E-state index in [1.165, 1.54) is 12.1 Å². The summed E-state index contributed by atoms with van der Waals surface area (Å²) in [6, 6.07) is 4.57. The van der Waals surface area contributed by atoms with Crippen molar-refractivity contribution in [2.75, 3.05) is 19.6 Å². The van der Waals surface area contributed by atoms with Crippen LogP contribution in [0.3, 0.4) is 0 Å². The molecule has 0 saturated carbocycles. The molecule has 18 heavy (non-hydrogen) atoms. The molecular weight excluding hydrogens is 299 g/mol. The zero-order chi connectivity index (χ0) is 13.0. The number of hydrogen-bond acceptors (Lipinski definition) is 2. The van der Waals surface area contributed by atoms with Crippen molar-refractivity contribution in [2.45, 2.75) is 19.4 Å². The summed E-state index contributed by atoms with van der Waals surface area (Å²) >= 11 is 3.31. The molecule has 1 amide bonds. The van der Waals surface area contributed by atoms with Gasteiger partial charge in [0.05, 0.1) is 6.54 Å². The van der Waals surface area contributed by atoms with Crippen molar-refractivity contribution < 1.29 is 9.18 Å². The first kappa shape index (κ1) is 13.5. The number of likely N-dealkylation sites (tertiary alicyclic amines) is 1. The third-order valence-electron chi connectivity index (χ3n) is 3.07. The molecule has 1 aromatic rings. The summed E-state index contributed by atoms with van der Waals surface area (Å²) in [4.78, 5) is 13.6. The number of nitrogens with one attached hydrogen (secondary N) is 1. The van der Waals surface area contributed by atoms with Crippen molar-refractivity contribution in [3.63, 3.8) is 0 Å². The van der Waals surface area contributed by atoms with Gasteiger partial charge in [0.15, 0.2) is 0 Å². The lowest BCUT2D eigenvalue weighted by Crippen LogP contribution is -2.36. The van der Waals surface area contributed by atoms with Gasteiger partial charge in [-0.05, 0) is 30.5 Å². The van der Waals surface area contributed by atoms with Crippen LogP contribution in [-0.4, -0.2) is 30.4 Å². The fourth-order valence-electron chi connectivity index (χ4n) is 2.05. The van der Waals surface area contributed by atoms with Gasteiger partial charge in [-0.1, -0.05) is 22.0 Å². The summed E-state index contributed by atoms with van der Waals surface area (Å²) in [6.07, 6.45) is 2.21. The van der Waals surface area contributed by atoms with E-state index >= 15 is 0 Å². The SMILES string of the molecule is O=C(CNCc1ccc(F)cc1Br)N1CCCC1. The van der Waals surface area contributed by atoms with Gasteiger partial charge in [-0.3, -0.25) is 4.79 Å². The average molecular weight is 315 g/mol. The fourth-order valence-corrected chi connectivity index (χ4v) is 2.54. The van der Waals surface area contributed by atoms with Crippen LogP contribution >= 0.6 is 15.9 Å². The Balaban J connectivity index is 1.79. The lowest BCUT2D eigenvalue weighted by atomic mass is 10.2. The molecule has 1 N–H and O–H groups in total. The molecule has 1 saturated heterocycles. The molecule has 3 nitrogen and oxygen atoms in total. The molecular formula is C13H16BrFN2O. The summed E-state index contributed by atoms with van der Waals surface area (Å²) in [6.45, 7) is 2.64. The number of halogens is 2. The molecule has 98 valence electrons. The Hall–Kier alpha value is -0.940. The van der Waals surface area contributed by atoms with Crippen LogP contribution in [0, 0.1) is 5.82 Å². The van der Waals surface area contributed by atoms with Crippen LogP contribution in [0.2, 0.25) is 0 Å². The molecule has 2 rings (SSSR count). The highest BCUT2D eigenvalue weighted by Crippen LogP contribution is 2.17.